The smallest absolute Gasteiger partial charge is 0.253 e. The average molecular weight is 367 g/mol. The lowest BCUT2D eigenvalue weighted by molar-refractivity contribution is -0.119. The van der Waals surface area contributed by atoms with Crippen LogP contribution < -0.4 is 16.0 Å². The van der Waals surface area contributed by atoms with Crippen molar-refractivity contribution >= 4 is 27.3 Å². The largest absolute Gasteiger partial charge is 0.376 e. The predicted molar refractivity (Wildman–Crippen MR) is 97.4 cm³/mol. The maximum Gasteiger partial charge on any atom is 0.253 e. The van der Waals surface area contributed by atoms with Gasteiger partial charge >= 0.3 is 0 Å². The summed E-state index contributed by atoms with van der Waals surface area (Å²) in [5.41, 5.74) is 0.641. The number of anilines is 1. The van der Waals surface area contributed by atoms with E-state index in [1.54, 1.807) is 24.3 Å². The molecule has 0 bridgehead atoms. The van der Waals surface area contributed by atoms with Gasteiger partial charge in [0.15, 0.2) is 9.84 Å². The summed E-state index contributed by atoms with van der Waals surface area (Å²) in [7, 11) is -3.03. The van der Waals surface area contributed by atoms with Crippen molar-refractivity contribution in [3.8, 4) is 0 Å². The molecule has 1 aromatic carbocycles. The standard InChI is InChI=1S/C17H25N3O4S/c1-17(2,3)20-16(22)13-6-4-5-7-14(13)18-10-15(21)19-12-8-9-25(23,24)11-12/h4-7,12,18H,8-11H2,1-3H3,(H,19,21)(H,20,22)/t12-/m0/s1. The third-order valence-corrected chi connectivity index (χ3v) is 5.47. The van der Waals surface area contributed by atoms with Crippen LogP contribution in [0.2, 0.25) is 0 Å². The lowest BCUT2D eigenvalue weighted by Crippen LogP contribution is -2.41. The minimum atomic E-state index is -3.03. The molecule has 3 N–H and O–H groups in total. The van der Waals surface area contributed by atoms with Crippen molar-refractivity contribution in [1.29, 1.82) is 0 Å². The first-order valence-corrected chi connectivity index (χ1v) is 10.0. The van der Waals surface area contributed by atoms with Gasteiger partial charge in [0.25, 0.3) is 5.91 Å². The first-order valence-electron chi connectivity index (χ1n) is 8.21. The molecule has 0 spiro atoms. The highest BCUT2D eigenvalue weighted by Gasteiger charge is 2.28. The Kier molecular flexibility index (Phi) is 5.72. The SMILES string of the molecule is CC(C)(C)NC(=O)c1ccccc1NCC(=O)N[C@H]1CCS(=O)(=O)C1. The van der Waals surface area contributed by atoms with Gasteiger partial charge in [0.05, 0.1) is 23.6 Å². The molecule has 1 aromatic rings. The van der Waals surface area contributed by atoms with E-state index in [0.29, 0.717) is 17.7 Å². The number of carbonyl (C=O) groups excluding carboxylic acids is 2. The van der Waals surface area contributed by atoms with Gasteiger partial charge in [-0.1, -0.05) is 12.1 Å². The number of rotatable bonds is 5. The number of hydrogen-bond acceptors (Lipinski definition) is 5. The molecule has 0 radical (unpaired) electrons. The van der Waals surface area contributed by atoms with E-state index in [-0.39, 0.29) is 41.4 Å². The van der Waals surface area contributed by atoms with Gasteiger partial charge in [-0.25, -0.2) is 8.42 Å². The fraction of sp³-hybridized carbons (Fsp3) is 0.529. The van der Waals surface area contributed by atoms with E-state index in [2.05, 4.69) is 16.0 Å². The number of para-hydroxylation sites is 1. The van der Waals surface area contributed by atoms with Crippen LogP contribution in [0.15, 0.2) is 24.3 Å². The summed E-state index contributed by atoms with van der Waals surface area (Å²) in [4.78, 5) is 24.4. The molecule has 1 atom stereocenters. The van der Waals surface area contributed by atoms with Crippen LogP contribution in [0.4, 0.5) is 5.69 Å². The van der Waals surface area contributed by atoms with Crippen LogP contribution in [0.1, 0.15) is 37.6 Å². The van der Waals surface area contributed by atoms with E-state index < -0.39 is 9.84 Å². The molecule has 25 heavy (non-hydrogen) atoms. The van der Waals surface area contributed by atoms with Crippen molar-refractivity contribution in [1.82, 2.24) is 10.6 Å². The number of sulfone groups is 1. The molecule has 1 aliphatic rings. The van der Waals surface area contributed by atoms with Gasteiger partial charge in [-0.15, -0.1) is 0 Å². The molecule has 138 valence electrons. The Hall–Kier alpha value is -2.09. The lowest BCUT2D eigenvalue weighted by Gasteiger charge is -2.21. The number of amides is 2. The molecule has 8 heteroatoms. The second-order valence-electron chi connectivity index (χ2n) is 7.27. The van der Waals surface area contributed by atoms with Gasteiger partial charge in [-0.2, -0.15) is 0 Å². The Balaban J connectivity index is 1.94. The van der Waals surface area contributed by atoms with E-state index in [1.807, 2.05) is 20.8 Å². The molecule has 1 heterocycles. The van der Waals surface area contributed by atoms with Gasteiger partial charge in [0.1, 0.15) is 0 Å². The minimum absolute atomic E-state index is 0.0106. The Labute approximate surface area is 148 Å². The summed E-state index contributed by atoms with van der Waals surface area (Å²) >= 11 is 0. The van der Waals surface area contributed by atoms with Gasteiger partial charge in [0.2, 0.25) is 5.91 Å². The normalized spacial score (nSPS) is 19.2. The Bertz CT molecular complexity index is 753. The topological polar surface area (TPSA) is 104 Å². The van der Waals surface area contributed by atoms with Crippen LogP contribution in [0.3, 0.4) is 0 Å². The highest BCUT2D eigenvalue weighted by Crippen LogP contribution is 2.16. The van der Waals surface area contributed by atoms with Crippen LogP contribution in [0.25, 0.3) is 0 Å². The molecule has 0 aliphatic carbocycles. The zero-order chi connectivity index (χ0) is 18.7. The van der Waals surface area contributed by atoms with Crippen molar-refractivity contribution in [3.63, 3.8) is 0 Å². The Morgan fingerprint density at radius 2 is 1.88 bits per heavy atom. The molecular formula is C17H25N3O4S. The molecule has 2 amide bonds. The van der Waals surface area contributed by atoms with E-state index in [0.717, 1.165) is 0 Å². The van der Waals surface area contributed by atoms with Crippen molar-refractivity contribution in [2.24, 2.45) is 0 Å². The summed E-state index contributed by atoms with van der Waals surface area (Å²) in [6.07, 6.45) is 0.443. The van der Waals surface area contributed by atoms with Crippen LogP contribution in [0.5, 0.6) is 0 Å². The number of benzene rings is 1. The summed E-state index contributed by atoms with van der Waals surface area (Å²) in [5, 5.41) is 8.55. The van der Waals surface area contributed by atoms with Crippen molar-refractivity contribution in [3.05, 3.63) is 29.8 Å². The Morgan fingerprint density at radius 3 is 2.48 bits per heavy atom. The van der Waals surface area contributed by atoms with Gasteiger partial charge in [-0.3, -0.25) is 9.59 Å². The highest BCUT2D eigenvalue weighted by molar-refractivity contribution is 7.91. The van der Waals surface area contributed by atoms with E-state index in [1.165, 1.54) is 0 Å². The Morgan fingerprint density at radius 1 is 1.20 bits per heavy atom. The summed E-state index contributed by atoms with van der Waals surface area (Å²) < 4.78 is 22.8. The fourth-order valence-electron chi connectivity index (χ4n) is 2.61. The molecule has 0 saturated carbocycles. The van der Waals surface area contributed by atoms with Crippen LogP contribution >= 0.6 is 0 Å². The van der Waals surface area contributed by atoms with Crippen LogP contribution in [-0.2, 0) is 14.6 Å². The zero-order valence-corrected chi connectivity index (χ0v) is 15.6. The molecular weight excluding hydrogens is 342 g/mol. The minimum Gasteiger partial charge on any atom is -0.376 e. The fourth-order valence-corrected chi connectivity index (χ4v) is 4.28. The first kappa shape index (κ1) is 19.2. The number of carbonyl (C=O) groups is 2. The van der Waals surface area contributed by atoms with Crippen molar-refractivity contribution < 1.29 is 18.0 Å². The summed E-state index contributed by atoms with van der Waals surface area (Å²) in [5.74, 6) is -0.421. The van der Waals surface area contributed by atoms with E-state index in [4.69, 9.17) is 0 Å². The monoisotopic (exact) mass is 367 g/mol. The zero-order valence-electron chi connectivity index (χ0n) is 14.8. The second-order valence-corrected chi connectivity index (χ2v) is 9.50. The maximum absolute atomic E-state index is 12.4. The third-order valence-electron chi connectivity index (χ3n) is 3.70. The molecule has 0 aromatic heterocycles. The van der Waals surface area contributed by atoms with Crippen LogP contribution in [-0.4, -0.2) is 49.9 Å². The van der Waals surface area contributed by atoms with Crippen molar-refractivity contribution in [2.45, 2.75) is 38.8 Å². The highest BCUT2D eigenvalue weighted by atomic mass is 32.2. The summed E-state index contributed by atoms with van der Waals surface area (Å²) in [6, 6.07) is 6.61. The van der Waals surface area contributed by atoms with E-state index in [9.17, 15) is 18.0 Å². The maximum atomic E-state index is 12.4. The quantitative estimate of drug-likeness (QED) is 0.718. The second kappa shape index (κ2) is 7.43. The lowest BCUT2D eigenvalue weighted by atomic mass is 10.1. The third kappa shape index (κ3) is 6.04. The van der Waals surface area contributed by atoms with Gasteiger partial charge in [-0.05, 0) is 39.3 Å². The molecule has 1 fully saturated rings. The molecule has 1 saturated heterocycles. The molecule has 2 rings (SSSR count). The number of hydrogen-bond donors (Lipinski definition) is 3. The number of nitrogens with one attached hydrogen (secondary N) is 3. The first-order chi connectivity index (χ1) is 11.6. The molecule has 1 aliphatic heterocycles. The predicted octanol–water partition coefficient (Wildman–Crippen LogP) is 0.930. The molecule has 0 unspecified atom stereocenters. The van der Waals surface area contributed by atoms with Gasteiger partial charge < -0.3 is 16.0 Å². The van der Waals surface area contributed by atoms with Crippen molar-refractivity contribution in [2.75, 3.05) is 23.4 Å². The van der Waals surface area contributed by atoms with Gasteiger partial charge in [0, 0.05) is 17.3 Å². The van der Waals surface area contributed by atoms with E-state index >= 15 is 0 Å². The summed E-state index contributed by atoms with van der Waals surface area (Å²) in [6.45, 7) is 5.65. The van der Waals surface area contributed by atoms with Crippen LogP contribution in [0, 0.1) is 0 Å². The molecule has 7 nitrogen and oxygen atoms in total. The average Bonchev–Trinajstić information content (AvgIpc) is 2.82.